The van der Waals surface area contributed by atoms with Crippen LogP contribution in [0.2, 0.25) is 0 Å². The Hall–Kier alpha value is -2.15. The second kappa shape index (κ2) is 11.1. The fraction of sp³-hybridized carbons (Fsp3) is 0.522. The van der Waals surface area contributed by atoms with Crippen LogP contribution < -0.4 is 4.90 Å². The van der Waals surface area contributed by atoms with Gasteiger partial charge in [0.25, 0.3) is 0 Å². The topological polar surface area (TPSA) is 53.8 Å². The molecule has 0 aliphatic carbocycles. The molecule has 0 fully saturated rings. The van der Waals surface area contributed by atoms with E-state index in [9.17, 15) is 5.11 Å². The van der Waals surface area contributed by atoms with E-state index in [2.05, 4.69) is 42.4 Å². The molecule has 0 radical (unpaired) electrons. The molecule has 0 aliphatic rings. The summed E-state index contributed by atoms with van der Waals surface area (Å²) in [5, 5.41) is 15.3. The molecule has 0 bridgehead atoms. The maximum Gasteiger partial charge on any atom is 0.131 e. The minimum Gasteiger partial charge on any atom is -0.389 e. The predicted molar refractivity (Wildman–Crippen MR) is 120 cm³/mol. The third-order valence-electron chi connectivity index (χ3n) is 4.60. The number of hydrogen-bond donors (Lipinski definition) is 1. The van der Waals surface area contributed by atoms with E-state index < -0.39 is 6.10 Å². The van der Waals surface area contributed by atoms with Gasteiger partial charge in [0, 0.05) is 51.9 Å². The number of hydrogen-bond acceptors (Lipinski definition) is 5. The van der Waals surface area contributed by atoms with Crippen molar-refractivity contribution in [3.63, 3.8) is 0 Å². The van der Waals surface area contributed by atoms with Crippen LogP contribution in [0.1, 0.15) is 19.4 Å². The van der Waals surface area contributed by atoms with Crippen LogP contribution in [-0.4, -0.2) is 66.3 Å². The molecule has 29 heavy (non-hydrogen) atoms. The number of rotatable bonds is 12. The number of nitrogens with zero attached hydrogens (tertiary/aromatic N) is 4. The van der Waals surface area contributed by atoms with E-state index in [1.54, 1.807) is 6.08 Å². The molecule has 2 rings (SSSR count). The summed E-state index contributed by atoms with van der Waals surface area (Å²) in [5.41, 5.74) is 3.26. The first-order valence-corrected chi connectivity index (χ1v) is 10.2. The molecule has 6 heteroatoms. The highest BCUT2D eigenvalue weighted by Crippen LogP contribution is 2.31. The second-order valence-corrected chi connectivity index (χ2v) is 8.10. The lowest BCUT2D eigenvalue weighted by Gasteiger charge is -2.28. The average molecular weight is 401 g/mol. The zero-order valence-electron chi connectivity index (χ0n) is 18.5. The molecule has 1 aromatic carbocycles. The van der Waals surface area contributed by atoms with Crippen LogP contribution in [-0.2, 0) is 18.3 Å². The molecule has 1 atom stereocenters. The lowest BCUT2D eigenvalue weighted by atomic mass is 10.1. The molecule has 160 valence electrons. The number of aliphatic hydroxyl groups excluding tert-OH is 1. The minimum absolute atomic E-state index is 0.305. The molecule has 1 aromatic heterocycles. The van der Waals surface area contributed by atoms with Crippen molar-refractivity contribution < 1.29 is 9.84 Å². The van der Waals surface area contributed by atoms with Crippen LogP contribution in [0.25, 0.3) is 11.3 Å². The zero-order valence-corrected chi connectivity index (χ0v) is 18.5. The van der Waals surface area contributed by atoms with E-state index in [1.165, 1.54) is 5.56 Å². The smallest absolute Gasteiger partial charge is 0.131 e. The summed E-state index contributed by atoms with van der Waals surface area (Å²) in [6.07, 6.45) is 1.15. The van der Waals surface area contributed by atoms with Crippen LogP contribution in [0, 0.1) is 5.92 Å². The Balaban J connectivity index is 2.32. The van der Waals surface area contributed by atoms with Crippen molar-refractivity contribution in [2.45, 2.75) is 26.5 Å². The summed E-state index contributed by atoms with van der Waals surface area (Å²) in [7, 11) is 6.07. The maximum absolute atomic E-state index is 10.5. The molecule has 0 aliphatic heterocycles. The highest BCUT2D eigenvalue weighted by molar-refractivity contribution is 5.69. The predicted octanol–water partition coefficient (Wildman–Crippen LogP) is 3.17. The van der Waals surface area contributed by atoms with Crippen LogP contribution in [0.5, 0.6) is 0 Å². The van der Waals surface area contributed by atoms with Crippen molar-refractivity contribution in [1.82, 2.24) is 14.7 Å². The maximum atomic E-state index is 10.5. The van der Waals surface area contributed by atoms with Crippen molar-refractivity contribution in [1.29, 1.82) is 0 Å². The van der Waals surface area contributed by atoms with Gasteiger partial charge in [0.05, 0.1) is 25.0 Å². The van der Waals surface area contributed by atoms with Crippen molar-refractivity contribution in [2.75, 3.05) is 45.3 Å². The average Bonchev–Trinajstić information content (AvgIpc) is 2.98. The van der Waals surface area contributed by atoms with Gasteiger partial charge in [-0.25, -0.2) is 0 Å². The number of aryl methyl sites for hydroxylation is 1. The third kappa shape index (κ3) is 6.70. The van der Waals surface area contributed by atoms with Gasteiger partial charge in [-0.1, -0.05) is 50.3 Å². The molecule has 0 spiro atoms. The van der Waals surface area contributed by atoms with E-state index in [4.69, 9.17) is 9.84 Å². The number of ether oxygens (including phenoxy) is 1. The Bertz CT molecular complexity index is 756. The van der Waals surface area contributed by atoms with E-state index >= 15 is 0 Å². The first kappa shape index (κ1) is 23.1. The fourth-order valence-electron chi connectivity index (χ4n) is 3.67. The summed E-state index contributed by atoms with van der Waals surface area (Å²) >= 11 is 0. The Morgan fingerprint density at radius 3 is 2.48 bits per heavy atom. The SMILES string of the molecule is C=CCOCC(O)CN(Cc1c(-c2ccccc2)nn(C)c1N(C)C)CC(C)C. The number of aromatic nitrogens is 2. The van der Waals surface area contributed by atoms with Gasteiger partial charge in [-0.15, -0.1) is 6.58 Å². The van der Waals surface area contributed by atoms with Crippen molar-refractivity contribution >= 4 is 5.82 Å². The van der Waals surface area contributed by atoms with E-state index in [0.29, 0.717) is 32.2 Å². The molecule has 0 amide bonds. The van der Waals surface area contributed by atoms with Crippen LogP contribution in [0.3, 0.4) is 0 Å². The fourth-order valence-corrected chi connectivity index (χ4v) is 3.67. The summed E-state index contributed by atoms with van der Waals surface area (Å²) in [6.45, 7) is 10.9. The van der Waals surface area contributed by atoms with Crippen molar-refractivity contribution in [2.24, 2.45) is 13.0 Å². The monoisotopic (exact) mass is 400 g/mol. The van der Waals surface area contributed by atoms with Gasteiger partial charge >= 0.3 is 0 Å². The van der Waals surface area contributed by atoms with Gasteiger partial charge < -0.3 is 14.7 Å². The van der Waals surface area contributed by atoms with E-state index in [-0.39, 0.29) is 0 Å². The summed E-state index contributed by atoms with van der Waals surface area (Å²) in [4.78, 5) is 4.40. The van der Waals surface area contributed by atoms with Gasteiger partial charge in [0.2, 0.25) is 0 Å². The molecule has 2 aromatic rings. The van der Waals surface area contributed by atoms with Crippen molar-refractivity contribution in [3.8, 4) is 11.3 Å². The molecule has 1 unspecified atom stereocenters. The van der Waals surface area contributed by atoms with E-state index in [0.717, 1.165) is 23.6 Å². The summed E-state index contributed by atoms with van der Waals surface area (Å²) in [6, 6.07) is 10.3. The molecule has 0 saturated heterocycles. The Labute approximate surface area is 175 Å². The Morgan fingerprint density at radius 2 is 1.90 bits per heavy atom. The first-order chi connectivity index (χ1) is 13.8. The highest BCUT2D eigenvalue weighted by atomic mass is 16.5. The molecule has 1 heterocycles. The number of aliphatic hydroxyl groups is 1. The quantitative estimate of drug-likeness (QED) is 0.438. The van der Waals surface area contributed by atoms with Crippen LogP contribution >= 0.6 is 0 Å². The first-order valence-electron chi connectivity index (χ1n) is 10.2. The normalized spacial score (nSPS) is 12.6. The van der Waals surface area contributed by atoms with Crippen LogP contribution in [0.15, 0.2) is 43.0 Å². The Kier molecular flexibility index (Phi) is 8.89. The van der Waals surface area contributed by atoms with Crippen molar-refractivity contribution in [3.05, 3.63) is 48.6 Å². The number of benzene rings is 1. The number of anilines is 1. The van der Waals surface area contributed by atoms with Crippen LogP contribution in [0.4, 0.5) is 5.82 Å². The third-order valence-corrected chi connectivity index (χ3v) is 4.60. The van der Waals surface area contributed by atoms with Gasteiger partial charge in [-0.3, -0.25) is 9.58 Å². The second-order valence-electron chi connectivity index (χ2n) is 8.10. The lowest BCUT2D eigenvalue weighted by molar-refractivity contribution is 0.0224. The zero-order chi connectivity index (χ0) is 21.4. The molecular formula is C23H36N4O2. The van der Waals surface area contributed by atoms with Gasteiger partial charge in [0.15, 0.2) is 0 Å². The van der Waals surface area contributed by atoms with Gasteiger partial charge in [0.1, 0.15) is 5.82 Å². The standard InChI is InChI=1S/C23H36N4O2/c1-7-13-29-17-20(28)15-27(14-18(2)3)16-21-22(19-11-9-8-10-12-19)24-26(6)23(21)25(4)5/h7-12,18,20,28H,1,13-17H2,2-6H3. The highest BCUT2D eigenvalue weighted by Gasteiger charge is 2.23. The molecular weight excluding hydrogens is 364 g/mol. The lowest BCUT2D eigenvalue weighted by Crippen LogP contribution is -2.37. The molecule has 1 N–H and O–H groups in total. The largest absolute Gasteiger partial charge is 0.389 e. The molecule has 6 nitrogen and oxygen atoms in total. The van der Waals surface area contributed by atoms with Gasteiger partial charge in [-0.2, -0.15) is 5.10 Å². The summed E-state index contributed by atoms with van der Waals surface area (Å²) < 4.78 is 7.38. The molecule has 0 saturated carbocycles. The van der Waals surface area contributed by atoms with E-state index in [1.807, 2.05) is 44.0 Å². The minimum atomic E-state index is -0.548. The van der Waals surface area contributed by atoms with Gasteiger partial charge in [-0.05, 0) is 5.92 Å². The Morgan fingerprint density at radius 1 is 1.21 bits per heavy atom. The summed E-state index contributed by atoms with van der Waals surface area (Å²) in [5.74, 6) is 1.56.